The topological polar surface area (TPSA) is 20.3 Å². The predicted octanol–water partition coefficient (Wildman–Crippen LogP) is 3.37. The Morgan fingerprint density at radius 2 is 2.00 bits per heavy atom. The number of hydrogen-bond acceptors (Lipinski definition) is 2. The SMILES string of the molecule is O=C1SCCN1Cc1ccccc1C(F)(F)F. The Bertz CT molecular complexity index is 433. The summed E-state index contributed by atoms with van der Waals surface area (Å²) in [6, 6.07) is 5.37. The van der Waals surface area contributed by atoms with Gasteiger partial charge in [0.2, 0.25) is 0 Å². The van der Waals surface area contributed by atoms with Crippen molar-refractivity contribution in [1.29, 1.82) is 0 Å². The molecule has 2 nitrogen and oxygen atoms in total. The first-order valence-electron chi connectivity index (χ1n) is 5.05. The van der Waals surface area contributed by atoms with E-state index in [0.717, 1.165) is 17.8 Å². The zero-order valence-electron chi connectivity index (χ0n) is 8.83. The largest absolute Gasteiger partial charge is 0.416 e. The highest BCUT2D eigenvalue weighted by Gasteiger charge is 2.34. The third kappa shape index (κ3) is 2.74. The Morgan fingerprint density at radius 1 is 1.29 bits per heavy atom. The van der Waals surface area contributed by atoms with Crippen molar-refractivity contribution in [2.75, 3.05) is 12.3 Å². The van der Waals surface area contributed by atoms with E-state index in [9.17, 15) is 18.0 Å². The first-order chi connectivity index (χ1) is 7.98. The number of carbonyl (C=O) groups is 1. The number of amides is 1. The van der Waals surface area contributed by atoms with E-state index in [4.69, 9.17) is 0 Å². The van der Waals surface area contributed by atoms with Gasteiger partial charge in [0.25, 0.3) is 5.24 Å². The van der Waals surface area contributed by atoms with Crippen LogP contribution in [0.25, 0.3) is 0 Å². The van der Waals surface area contributed by atoms with E-state index >= 15 is 0 Å². The molecule has 0 saturated carbocycles. The molecule has 1 saturated heterocycles. The fraction of sp³-hybridized carbons (Fsp3) is 0.364. The Hall–Kier alpha value is -1.17. The molecule has 1 aromatic rings. The number of rotatable bonds is 2. The quantitative estimate of drug-likeness (QED) is 0.813. The molecular weight excluding hydrogens is 251 g/mol. The summed E-state index contributed by atoms with van der Waals surface area (Å²) in [6.45, 7) is 0.539. The number of benzene rings is 1. The highest BCUT2D eigenvalue weighted by molar-refractivity contribution is 8.13. The van der Waals surface area contributed by atoms with E-state index in [1.807, 2.05) is 0 Å². The molecule has 0 spiro atoms. The lowest BCUT2D eigenvalue weighted by atomic mass is 10.1. The second-order valence-corrected chi connectivity index (χ2v) is 4.74. The second-order valence-electron chi connectivity index (χ2n) is 3.69. The van der Waals surface area contributed by atoms with Crippen LogP contribution < -0.4 is 0 Å². The Labute approximate surface area is 101 Å². The average molecular weight is 261 g/mol. The lowest BCUT2D eigenvalue weighted by Crippen LogP contribution is -2.24. The van der Waals surface area contributed by atoms with Gasteiger partial charge < -0.3 is 4.90 Å². The van der Waals surface area contributed by atoms with Gasteiger partial charge in [-0.15, -0.1) is 0 Å². The van der Waals surface area contributed by atoms with Crippen LogP contribution in [0.4, 0.5) is 18.0 Å². The van der Waals surface area contributed by atoms with Crippen molar-refractivity contribution in [3.05, 3.63) is 35.4 Å². The molecule has 1 amide bonds. The minimum atomic E-state index is -4.37. The third-order valence-corrected chi connectivity index (χ3v) is 3.42. The van der Waals surface area contributed by atoms with Gasteiger partial charge in [0.15, 0.2) is 0 Å². The molecule has 0 atom stereocenters. The number of nitrogens with zero attached hydrogens (tertiary/aromatic N) is 1. The molecule has 6 heteroatoms. The van der Waals surface area contributed by atoms with Crippen molar-refractivity contribution in [3.63, 3.8) is 0 Å². The molecule has 0 aliphatic carbocycles. The van der Waals surface area contributed by atoms with Crippen LogP contribution in [0.15, 0.2) is 24.3 Å². The van der Waals surface area contributed by atoms with Gasteiger partial charge in [-0.05, 0) is 11.6 Å². The highest BCUT2D eigenvalue weighted by atomic mass is 32.2. The lowest BCUT2D eigenvalue weighted by molar-refractivity contribution is -0.138. The van der Waals surface area contributed by atoms with E-state index in [-0.39, 0.29) is 17.3 Å². The molecule has 1 aromatic carbocycles. The molecule has 2 rings (SSSR count). The van der Waals surface area contributed by atoms with Gasteiger partial charge in [0, 0.05) is 18.8 Å². The van der Waals surface area contributed by atoms with Gasteiger partial charge >= 0.3 is 6.18 Å². The van der Waals surface area contributed by atoms with E-state index in [2.05, 4.69) is 0 Å². The smallest absolute Gasteiger partial charge is 0.328 e. The van der Waals surface area contributed by atoms with E-state index in [0.29, 0.717) is 12.3 Å². The predicted molar refractivity (Wildman–Crippen MR) is 59.7 cm³/mol. The van der Waals surface area contributed by atoms with E-state index in [1.165, 1.54) is 17.0 Å². The maximum absolute atomic E-state index is 12.7. The minimum Gasteiger partial charge on any atom is -0.328 e. The monoisotopic (exact) mass is 261 g/mol. The third-order valence-electron chi connectivity index (χ3n) is 2.53. The summed E-state index contributed by atoms with van der Waals surface area (Å²) in [5, 5.41) is -0.151. The van der Waals surface area contributed by atoms with Gasteiger partial charge in [0.05, 0.1) is 5.56 Å². The number of halogens is 3. The molecule has 1 fully saturated rings. The summed E-state index contributed by atoms with van der Waals surface area (Å²) in [4.78, 5) is 12.8. The molecular formula is C11H10F3NOS. The number of hydrogen-bond donors (Lipinski definition) is 0. The van der Waals surface area contributed by atoms with Gasteiger partial charge in [-0.3, -0.25) is 4.79 Å². The summed E-state index contributed by atoms with van der Waals surface area (Å²) in [6.07, 6.45) is -4.37. The number of carbonyl (C=O) groups excluding carboxylic acids is 1. The minimum absolute atomic E-state index is 0.0293. The van der Waals surface area contributed by atoms with Crippen LogP contribution in [-0.4, -0.2) is 22.4 Å². The summed E-state index contributed by atoms with van der Waals surface area (Å²) in [5.74, 6) is 0.646. The van der Waals surface area contributed by atoms with Crippen LogP contribution in [0.5, 0.6) is 0 Å². The summed E-state index contributed by atoms with van der Waals surface area (Å²) >= 11 is 1.14. The maximum Gasteiger partial charge on any atom is 0.416 e. The van der Waals surface area contributed by atoms with Crippen molar-refractivity contribution in [3.8, 4) is 0 Å². The van der Waals surface area contributed by atoms with Crippen LogP contribution in [0.2, 0.25) is 0 Å². The van der Waals surface area contributed by atoms with Gasteiger partial charge in [0.1, 0.15) is 0 Å². The Morgan fingerprint density at radius 3 is 2.59 bits per heavy atom. The molecule has 0 radical (unpaired) electrons. The summed E-state index contributed by atoms with van der Waals surface area (Å²) in [5.41, 5.74) is -0.513. The van der Waals surface area contributed by atoms with Gasteiger partial charge in [-0.2, -0.15) is 13.2 Å². The Kier molecular flexibility index (Phi) is 3.33. The molecule has 1 aliphatic heterocycles. The van der Waals surface area contributed by atoms with Crippen LogP contribution >= 0.6 is 11.8 Å². The fourth-order valence-electron chi connectivity index (χ4n) is 1.71. The first-order valence-corrected chi connectivity index (χ1v) is 6.04. The number of thioether (sulfide) groups is 1. The van der Waals surface area contributed by atoms with Crippen LogP contribution in [-0.2, 0) is 12.7 Å². The normalized spacial score (nSPS) is 16.6. The molecule has 1 aliphatic rings. The molecule has 0 aromatic heterocycles. The lowest BCUT2D eigenvalue weighted by Gasteiger charge is -2.18. The highest BCUT2D eigenvalue weighted by Crippen LogP contribution is 2.33. The van der Waals surface area contributed by atoms with Crippen molar-refractivity contribution >= 4 is 17.0 Å². The maximum atomic E-state index is 12.7. The van der Waals surface area contributed by atoms with Crippen LogP contribution in [0.3, 0.4) is 0 Å². The van der Waals surface area contributed by atoms with E-state index in [1.54, 1.807) is 6.07 Å². The van der Waals surface area contributed by atoms with Crippen molar-refractivity contribution in [2.24, 2.45) is 0 Å². The second kappa shape index (κ2) is 4.60. The average Bonchev–Trinajstić information content (AvgIpc) is 2.64. The molecule has 92 valence electrons. The van der Waals surface area contributed by atoms with Gasteiger partial charge in [-0.1, -0.05) is 30.0 Å². The Balaban J connectivity index is 2.23. The molecule has 1 heterocycles. The van der Waals surface area contributed by atoms with Gasteiger partial charge in [-0.25, -0.2) is 0 Å². The fourth-order valence-corrected chi connectivity index (χ4v) is 2.53. The summed E-state index contributed by atoms with van der Waals surface area (Å²) < 4.78 is 38.1. The standard InChI is InChI=1S/C11H10F3NOS/c12-11(13,14)9-4-2-1-3-8(9)7-15-5-6-17-10(15)16/h1-4H,5-7H2. The van der Waals surface area contributed by atoms with Crippen LogP contribution in [0, 0.1) is 0 Å². The number of alkyl halides is 3. The molecule has 0 bridgehead atoms. The molecule has 0 N–H and O–H groups in total. The van der Waals surface area contributed by atoms with Crippen molar-refractivity contribution in [2.45, 2.75) is 12.7 Å². The first kappa shape index (κ1) is 12.3. The van der Waals surface area contributed by atoms with Crippen LogP contribution in [0.1, 0.15) is 11.1 Å². The molecule has 17 heavy (non-hydrogen) atoms. The summed E-state index contributed by atoms with van der Waals surface area (Å²) in [7, 11) is 0. The van der Waals surface area contributed by atoms with Crippen molar-refractivity contribution < 1.29 is 18.0 Å². The van der Waals surface area contributed by atoms with E-state index < -0.39 is 11.7 Å². The molecule has 0 unspecified atom stereocenters. The van der Waals surface area contributed by atoms with Crippen molar-refractivity contribution in [1.82, 2.24) is 4.90 Å². The zero-order valence-corrected chi connectivity index (χ0v) is 9.64. The zero-order chi connectivity index (χ0) is 12.5.